The van der Waals surface area contributed by atoms with Gasteiger partial charge in [0.25, 0.3) is 0 Å². The number of ether oxygens (including phenoxy) is 1. The van der Waals surface area contributed by atoms with Crippen molar-refractivity contribution in [3.63, 3.8) is 0 Å². The fourth-order valence-corrected chi connectivity index (χ4v) is 5.54. The minimum Gasteiger partial charge on any atom is -0.361 e. The van der Waals surface area contributed by atoms with Crippen LogP contribution < -0.4 is 5.32 Å². The van der Waals surface area contributed by atoms with E-state index in [2.05, 4.69) is 29.4 Å². The summed E-state index contributed by atoms with van der Waals surface area (Å²) >= 11 is 0. The molecule has 6 nitrogen and oxygen atoms in total. The number of amides is 2. The summed E-state index contributed by atoms with van der Waals surface area (Å²) in [6.45, 7) is 4.01. The second kappa shape index (κ2) is 8.15. The van der Waals surface area contributed by atoms with Gasteiger partial charge in [0.2, 0.25) is 11.8 Å². The predicted molar refractivity (Wildman–Crippen MR) is 119 cm³/mol. The van der Waals surface area contributed by atoms with Crippen LogP contribution in [0.5, 0.6) is 0 Å². The Morgan fingerprint density at radius 2 is 2.16 bits per heavy atom. The SMILES string of the molecule is CCCCCCNC(=O)C1C2C=CC3(CN(CCc4c[nH]c5ccccc45)C(=O)C13)O2. The van der Waals surface area contributed by atoms with Crippen molar-refractivity contribution in [3.8, 4) is 0 Å². The van der Waals surface area contributed by atoms with Crippen LogP contribution in [0.2, 0.25) is 0 Å². The Kier molecular flexibility index (Phi) is 5.34. The first-order chi connectivity index (χ1) is 15.1. The molecule has 31 heavy (non-hydrogen) atoms. The molecule has 0 saturated carbocycles. The number of unbranched alkanes of at least 4 members (excludes halogenated alkanes) is 3. The molecule has 1 spiro atoms. The van der Waals surface area contributed by atoms with Crippen LogP contribution in [-0.4, -0.2) is 53.0 Å². The van der Waals surface area contributed by atoms with Crippen molar-refractivity contribution in [2.75, 3.05) is 19.6 Å². The van der Waals surface area contributed by atoms with E-state index >= 15 is 0 Å². The molecule has 2 N–H and O–H groups in total. The molecule has 2 bridgehead atoms. The third kappa shape index (κ3) is 3.47. The molecule has 3 aliphatic heterocycles. The standard InChI is InChI=1S/C25H31N3O3/c1-2-3-4-7-13-26-23(29)21-20-10-12-25(31-20)16-28(24(30)22(21)25)14-11-17-15-27-19-9-6-5-8-18(17)19/h5-6,8-10,12,15,20-22,27H,2-4,7,11,13-14,16H2,1H3,(H,26,29). The third-order valence-corrected chi connectivity index (χ3v) is 7.14. The lowest BCUT2D eigenvalue weighted by molar-refractivity contribution is -0.137. The minimum absolute atomic E-state index is 0.0375. The summed E-state index contributed by atoms with van der Waals surface area (Å²) in [7, 11) is 0. The highest BCUT2D eigenvalue weighted by molar-refractivity contribution is 5.93. The molecule has 0 radical (unpaired) electrons. The van der Waals surface area contributed by atoms with Crippen LogP contribution in [0.25, 0.3) is 10.9 Å². The smallest absolute Gasteiger partial charge is 0.230 e. The van der Waals surface area contributed by atoms with Gasteiger partial charge in [-0.3, -0.25) is 9.59 Å². The summed E-state index contributed by atoms with van der Waals surface area (Å²) in [4.78, 5) is 31.5. The van der Waals surface area contributed by atoms with E-state index in [0.717, 1.165) is 24.8 Å². The monoisotopic (exact) mass is 421 g/mol. The topological polar surface area (TPSA) is 74.4 Å². The molecule has 3 aliphatic rings. The van der Waals surface area contributed by atoms with E-state index in [4.69, 9.17) is 4.74 Å². The zero-order valence-electron chi connectivity index (χ0n) is 18.1. The van der Waals surface area contributed by atoms with Crippen LogP contribution in [0.3, 0.4) is 0 Å². The van der Waals surface area contributed by atoms with Crippen LogP contribution in [-0.2, 0) is 20.7 Å². The molecule has 2 fully saturated rings. The van der Waals surface area contributed by atoms with Crippen LogP contribution >= 0.6 is 0 Å². The van der Waals surface area contributed by atoms with E-state index in [1.165, 1.54) is 23.8 Å². The van der Waals surface area contributed by atoms with Crippen molar-refractivity contribution >= 4 is 22.7 Å². The number of aromatic nitrogens is 1. The van der Waals surface area contributed by atoms with Crippen LogP contribution in [0.4, 0.5) is 0 Å². The molecule has 6 heteroatoms. The van der Waals surface area contributed by atoms with Gasteiger partial charge in [-0.15, -0.1) is 0 Å². The van der Waals surface area contributed by atoms with E-state index in [9.17, 15) is 9.59 Å². The molecule has 4 atom stereocenters. The Balaban J connectivity index is 1.24. The largest absolute Gasteiger partial charge is 0.361 e. The van der Waals surface area contributed by atoms with E-state index in [0.29, 0.717) is 19.6 Å². The van der Waals surface area contributed by atoms with E-state index in [-0.39, 0.29) is 17.9 Å². The number of fused-ring (bicyclic) bond motifs is 2. The van der Waals surface area contributed by atoms with Crippen LogP contribution in [0.15, 0.2) is 42.6 Å². The van der Waals surface area contributed by atoms with Gasteiger partial charge in [0.05, 0.1) is 24.5 Å². The number of hydrogen-bond acceptors (Lipinski definition) is 3. The van der Waals surface area contributed by atoms with Crippen molar-refractivity contribution < 1.29 is 14.3 Å². The normalized spacial score (nSPS) is 28.6. The number of benzene rings is 1. The number of likely N-dealkylation sites (tertiary alicyclic amines) is 1. The van der Waals surface area contributed by atoms with Crippen molar-refractivity contribution in [1.82, 2.24) is 15.2 Å². The summed E-state index contributed by atoms with van der Waals surface area (Å²) in [5, 5.41) is 4.26. The van der Waals surface area contributed by atoms with E-state index in [1.54, 1.807) is 0 Å². The molecule has 4 unspecified atom stereocenters. The number of carbonyl (C=O) groups excluding carboxylic acids is 2. The molecule has 1 aromatic heterocycles. The highest BCUT2D eigenvalue weighted by atomic mass is 16.5. The highest BCUT2D eigenvalue weighted by Crippen LogP contribution is 2.51. The van der Waals surface area contributed by atoms with Gasteiger partial charge in [0.1, 0.15) is 5.60 Å². The fourth-order valence-electron chi connectivity index (χ4n) is 5.54. The summed E-state index contributed by atoms with van der Waals surface area (Å²) in [5.41, 5.74) is 1.69. The molecule has 0 aliphatic carbocycles. The average molecular weight is 422 g/mol. The lowest BCUT2D eigenvalue weighted by Gasteiger charge is -2.23. The van der Waals surface area contributed by atoms with Crippen molar-refractivity contribution in [3.05, 3.63) is 48.2 Å². The number of nitrogens with one attached hydrogen (secondary N) is 2. The number of para-hydroxylation sites is 1. The van der Waals surface area contributed by atoms with E-state index < -0.39 is 17.4 Å². The van der Waals surface area contributed by atoms with Gasteiger partial charge in [-0.05, 0) is 24.5 Å². The summed E-state index contributed by atoms with van der Waals surface area (Å²) < 4.78 is 6.23. The number of rotatable bonds is 9. The van der Waals surface area contributed by atoms with Gasteiger partial charge in [0.15, 0.2) is 0 Å². The number of H-pyrrole nitrogens is 1. The van der Waals surface area contributed by atoms with Gasteiger partial charge in [-0.25, -0.2) is 0 Å². The molecular weight excluding hydrogens is 390 g/mol. The maximum atomic E-state index is 13.3. The predicted octanol–water partition coefficient (Wildman–Crippen LogP) is 3.19. The summed E-state index contributed by atoms with van der Waals surface area (Å²) in [6, 6.07) is 8.22. The molecule has 5 rings (SSSR count). The Morgan fingerprint density at radius 3 is 3.03 bits per heavy atom. The zero-order valence-corrected chi connectivity index (χ0v) is 18.1. The van der Waals surface area contributed by atoms with Crippen molar-refractivity contribution in [2.24, 2.45) is 11.8 Å². The maximum Gasteiger partial charge on any atom is 0.230 e. The third-order valence-electron chi connectivity index (χ3n) is 7.14. The zero-order chi connectivity index (χ0) is 21.4. The molecule has 164 valence electrons. The van der Waals surface area contributed by atoms with Gasteiger partial charge in [-0.2, -0.15) is 0 Å². The first-order valence-electron chi connectivity index (χ1n) is 11.6. The molecule has 2 amide bonds. The van der Waals surface area contributed by atoms with Crippen molar-refractivity contribution in [2.45, 2.75) is 50.7 Å². The number of hydrogen-bond donors (Lipinski definition) is 2. The Hall–Kier alpha value is -2.60. The highest BCUT2D eigenvalue weighted by Gasteiger charge is 2.66. The van der Waals surface area contributed by atoms with Crippen LogP contribution in [0.1, 0.15) is 38.2 Å². The lowest BCUT2D eigenvalue weighted by atomic mass is 9.77. The lowest BCUT2D eigenvalue weighted by Crippen LogP contribution is -2.44. The number of aromatic amines is 1. The van der Waals surface area contributed by atoms with Crippen molar-refractivity contribution in [1.29, 1.82) is 0 Å². The van der Waals surface area contributed by atoms with Gasteiger partial charge in [-0.1, -0.05) is 56.5 Å². The Labute approximate surface area is 183 Å². The minimum atomic E-state index is -0.633. The van der Waals surface area contributed by atoms with Crippen LogP contribution in [0, 0.1) is 11.8 Å². The Morgan fingerprint density at radius 1 is 1.29 bits per heavy atom. The van der Waals surface area contributed by atoms with Gasteiger partial charge in [0, 0.05) is 30.2 Å². The first-order valence-corrected chi connectivity index (χ1v) is 11.6. The molecular formula is C25H31N3O3. The number of carbonyl (C=O) groups is 2. The second-order valence-electron chi connectivity index (χ2n) is 9.12. The maximum absolute atomic E-state index is 13.3. The van der Waals surface area contributed by atoms with Gasteiger partial charge >= 0.3 is 0 Å². The average Bonchev–Trinajstić information content (AvgIpc) is 3.52. The molecule has 2 saturated heterocycles. The molecule has 4 heterocycles. The first kappa shape index (κ1) is 20.3. The summed E-state index contributed by atoms with van der Waals surface area (Å²) in [5.74, 6) is -0.801. The van der Waals surface area contributed by atoms with Gasteiger partial charge < -0.3 is 19.9 Å². The number of nitrogens with zero attached hydrogens (tertiary/aromatic N) is 1. The Bertz CT molecular complexity index is 1010. The summed E-state index contributed by atoms with van der Waals surface area (Å²) in [6.07, 6.45) is 11.0. The molecule has 2 aromatic rings. The quantitative estimate of drug-likeness (QED) is 0.482. The second-order valence-corrected chi connectivity index (χ2v) is 9.12. The fraction of sp³-hybridized carbons (Fsp3) is 0.520. The van der Waals surface area contributed by atoms with E-state index in [1.807, 2.05) is 35.4 Å². The molecule has 1 aromatic carbocycles.